The maximum Gasteiger partial charge on any atom is 0.182 e. The number of sulfone groups is 1. The van der Waals surface area contributed by atoms with E-state index in [0.717, 1.165) is 5.69 Å². The molecule has 0 radical (unpaired) electrons. The Balaban J connectivity index is 1.68. The molecule has 0 spiro atoms. The molecule has 0 amide bonds. The molecule has 10 nitrogen and oxygen atoms in total. The quantitative estimate of drug-likeness (QED) is 0.440. The predicted molar refractivity (Wildman–Crippen MR) is 131 cm³/mol. The third-order valence-corrected chi connectivity index (χ3v) is 8.72. The van der Waals surface area contributed by atoms with Gasteiger partial charge in [-0.1, -0.05) is 24.6 Å². The zero-order valence-corrected chi connectivity index (χ0v) is 21.7. The van der Waals surface area contributed by atoms with Crippen molar-refractivity contribution in [3.05, 3.63) is 53.0 Å². The number of hydrogen-bond acceptors (Lipinski definition) is 9. The second-order valence-electron chi connectivity index (χ2n) is 8.76. The van der Waals surface area contributed by atoms with Gasteiger partial charge in [0.2, 0.25) is 0 Å². The predicted octanol–water partition coefficient (Wildman–Crippen LogP) is 3.18. The van der Waals surface area contributed by atoms with Gasteiger partial charge < -0.3 is 14.0 Å². The molecule has 3 aromatic heterocycles. The first-order chi connectivity index (χ1) is 16.7. The van der Waals surface area contributed by atoms with Crippen molar-refractivity contribution in [2.45, 2.75) is 56.8 Å². The third-order valence-electron chi connectivity index (χ3n) is 6.32. The van der Waals surface area contributed by atoms with Crippen molar-refractivity contribution in [2.75, 3.05) is 19.8 Å². The van der Waals surface area contributed by atoms with Crippen LogP contribution in [0.25, 0.3) is 11.5 Å². The van der Waals surface area contributed by atoms with Crippen LogP contribution in [0.1, 0.15) is 50.1 Å². The van der Waals surface area contributed by atoms with E-state index in [9.17, 15) is 8.42 Å². The van der Waals surface area contributed by atoms with Gasteiger partial charge in [0.1, 0.15) is 29.2 Å². The van der Waals surface area contributed by atoms with Gasteiger partial charge in [-0.05, 0) is 32.9 Å². The van der Waals surface area contributed by atoms with Crippen LogP contribution in [-0.4, -0.2) is 69.3 Å². The van der Waals surface area contributed by atoms with Gasteiger partial charge >= 0.3 is 0 Å². The topological polar surface area (TPSA) is 122 Å². The molecule has 35 heavy (non-hydrogen) atoms. The van der Waals surface area contributed by atoms with E-state index < -0.39 is 21.0 Å². The lowest BCUT2D eigenvalue weighted by atomic mass is 10.1. The number of aromatic nitrogens is 6. The fourth-order valence-corrected chi connectivity index (χ4v) is 5.69. The maximum atomic E-state index is 13.5. The summed E-state index contributed by atoms with van der Waals surface area (Å²) in [5.41, 5.74) is 1.43. The van der Waals surface area contributed by atoms with Crippen molar-refractivity contribution in [1.29, 1.82) is 0 Å². The minimum atomic E-state index is -3.66. The van der Waals surface area contributed by atoms with Crippen molar-refractivity contribution >= 4 is 21.4 Å². The summed E-state index contributed by atoms with van der Waals surface area (Å²) in [4.78, 5) is 13.0. The molecule has 188 valence electrons. The molecule has 0 saturated carbocycles. The minimum Gasteiger partial charge on any atom is -0.376 e. The Hall–Kier alpha value is -2.47. The van der Waals surface area contributed by atoms with E-state index in [1.165, 1.54) is 12.4 Å². The Bertz CT molecular complexity index is 1260. The number of aryl methyl sites for hydroxylation is 1. The average Bonchev–Trinajstić information content (AvgIpc) is 3.26. The Morgan fingerprint density at radius 1 is 1.14 bits per heavy atom. The van der Waals surface area contributed by atoms with Gasteiger partial charge in [0.25, 0.3) is 0 Å². The highest BCUT2D eigenvalue weighted by atomic mass is 35.5. The molecule has 3 aromatic rings. The highest BCUT2D eigenvalue weighted by Gasteiger charge is 2.34. The van der Waals surface area contributed by atoms with Crippen LogP contribution in [0.3, 0.4) is 0 Å². The van der Waals surface area contributed by atoms with Crippen molar-refractivity contribution in [1.82, 2.24) is 29.7 Å². The van der Waals surface area contributed by atoms with E-state index in [4.69, 9.17) is 21.1 Å². The Labute approximate surface area is 210 Å². The van der Waals surface area contributed by atoms with Crippen LogP contribution >= 0.6 is 11.6 Å². The smallest absolute Gasteiger partial charge is 0.182 e. The van der Waals surface area contributed by atoms with Crippen LogP contribution < -0.4 is 0 Å². The fourth-order valence-electron chi connectivity index (χ4n) is 4.03. The van der Waals surface area contributed by atoms with Gasteiger partial charge in [-0.15, -0.1) is 10.2 Å². The lowest BCUT2D eigenvalue weighted by Crippen LogP contribution is -2.36. The molecule has 1 aliphatic rings. The highest BCUT2D eigenvalue weighted by Crippen LogP contribution is 2.29. The Kier molecular flexibility index (Phi) is 7.80. The fraction of sp³-hybridized carbons (Fsp3) is 0.522. The normalized spacial score (nSPS) is 19.3. The van der Waals surface area contributed by atoms with E-state index in [-0.39, 0.29) is 17.9 Å². The van der Waals surface area contributed by atoms with E-state index in [2.05, 4.69) is 25.1 Å². The summed E-state index contributed by atoms with van der Waals surface area (Å²) in [6.07, 6.45) is 2.65. The molecule has 0 N–H and O–H groups in total. The maximum absolute atomic E-state index is 13.5. The summed E-state index contributed by atoms with van der Waals surface area (Å²) < 4.78 is 40.3. The third kappa shape index (κ3) is 5.69. The lowest BCUT2D eigenvalue weighted by molar-refractivity contribution is -0.105. The van der Waals surface area contributed by atoms with E-state index in [1.807, 2.05) is 36.6 Å². The van der Waals surface area contributed by atoms with E-state index in [0.29, 0.717) is 48.0 Å². The van der Waals surface area contributed by atoms with E-state index >= 15 is 0 Å². The number of pyridine rings is 1. The number of rotatable bonds is 8. The molecule has 1 aliphatic heterocycles. The van der Waals surface area contributed by atoms with Gasteiger partial charge in [0.15, 0.2) is 15.7 Å². The van der Waals surface area contributed by atoms with Gasteiger partial charge in [0.05, 0.1) is 36.1 Å². The van der Waals surface area contributed by atoms with E-state index in [1.54, 1.807) is 13.8 Å². The van der Waals surface area contributed by atoms with Crippen LogP contribution in [0.5, 0.6) is 0 Å². The number of halogens is 1. The summed E-state index contributed by atoms with van der Waals surface area (Å²) in [5.74, 6) is 0.475. The molecular weight excluding hydrogens is 492 g/mol. The molecule has 0 aliphatic carbocycles. The molecule has 12 heteroatoms. The van der Waals surface area contributed by atoms with Gasteiger partial charge in [-0.2, -0.15) is 0 Å². The average molecular weight is 521 g/mol. The van der Waals surface area contributed by atoms with Crippen molar-refractivity contribution in [3.63, 3.8) is 0 Å². The largest absolute Gasteiger partial charge is 0.376 e. The molecule has 4 atom stereocenters. The molecule has 0 unspecified atom stereocenters. The van der Waals surface area contributed by atoms with Crippen LogP contribution in [0.15, 0.2) is 30.6 Å². The summed E-state index contributed by atoms with van der Waals surface area (Å²) in [7, 11) is -3.66. The molecule has 1 fully saturated rings. The number of ether oxygens (including phenoxy) is 2. The molecule has 1 saturated heterocycles. The van der Waals surface area contributed by atoms with Gasteiger partial charge in [0, 0.05) is 24.0 Å². The first-order valence-electron chi connectivity index (χ1n) is 11.4. The first kappa shape index (κ1) is 25.6. The van der Waals surface area contributed by atoms with Crippen LogP contribution in [0.2, 0.25) is 5.02 Å². The zero-order valence-electron chi connectivity index (χ0n) is 20.1. The molecule has 0 aromatic carbocycles. The first-order valence-corrected chi connectivity index (χ1v) is 13.5. The zero-order chi connectivity index (χ0) is 25.2. The van der Waals surface area contributed by atoms with Crippen LogP contribution in [-0.2, 0) is 25.1 Å². The molecule has 0 bridgehead atoms. The summed E-state index contributed by atoms with van der Waals surface area (Å²) >= 11 is 5.88. The second-order valence-corrected chi connectivity index (χ2v) is 11.6. The van der Waals surface area contributed by atoms with Gasteiger partial charge in [-0.25, -0.2) is 23.4 Å². The lowest BCUT2D eigenvalue weighted by Gasteiger charge is -2.30. The highest BCUT2D eigenvalue weighted by molar-refractivity contribution is 7.91. The Morgan fingerprint density at radius 3 is 2.54 bits per heavy atom. The molecule has 4 rings (SSSR count). The van der Waals surface area contributed by atoms with Crippen LogP contribution in [0, 0.1) is 6.92 Å². The SMILES string of the molecule is Cc1cccc(-c2nnc(CS(=O)(=O)[C@@H](C)[C@H](C)c3ncc(Cl)cn3)n2[C@@H](C)[C@@H]2COCCO2)n1. The van der Waals surface area contributed by atoms with Crippen molar-refractivity contribution in [3.8, 4) is 11.5 Å². The van der Waals surface area contributed by atoms with Crippen molar-refractivity contribution < 1.29 is 17.9 Å². The second kappa shape index (κ2) is 10.7. The summed E-state index contributed by atoms with van der Waals surface area (Å²) in [6, 6.07) is 5.33. The summed E-state index contributed by atoms with van der Waals surface area (Å²) in [5, 5.41) is 8.28. The monoisotopic (exact) mass is 520 g/mol. The number of hydrogen-bond donors (Lipinski definition) is 0. The molecular formula is C23H29ClN6O4S. The molecule has 4 heterocycles. The number of nitrogens with zero attached hydrogens (tertiary/aromatic N) is 6. The van der Waals surface area contributed by atoms with Crippen LogP contribution in [0.4, 0.5) is 0 Å². The minimum absolute atomic E-state index is 0.274. The standard InChI is InChI=1S/C23H29ClN6O4S/c1-14-6-5-7-19(27-14)23-29-28-21(30(23)16(3)20-12-33-8-9-34-20)13-35(31,32)17(4)15(2)22-25-10-18(24)11-26-22/h5-7,10-11,15-17,20H,8-9,12-13H2,1-4H3/t15-,16-,17-,20-/m0/s1. The Morgan fingerprint density at radius 2 is 1.89 bits per heavy atom. The van der Waals surface area contributed by atoms with Crippen molar-refractivity contribution in [2.24, 2.45) is 0 Å². The van der Waals surface area contributed by atoms with Gasteiger partial charge in [-0.3, -0.25) is 0 Å². The summed E-state index contributed by atoms with van der Waals surface area (Å²) in [6.45, 7) is 8.68.